The van der Waals surface area contributed by atoms with Gasteiger partial charge in [0.2, 0.25) is 0 Å². The van der Waals surface area contributed by atoms with Crippen LogP contribution in [0.1, 0.15) is 25.7 Å². The average molecular weight is 237 g/mol. The van der Waals surface area contributed by atoms with Crippen molar-refractivity contribution in [2.45, 2.75) is 25.7 Å². The van der Waals surface area contributed by atoms with Crippen molar-refractivity contribution in [3.05, 3.63) is 30.1 Å². The SMILES string of the molecule is Fc1ccc(OCCNCC2CCCC2)cc1. The van der Waals surface area contributed by atoms with Crippen LogP contribution in [0.5, 0.6) is 5.75 Å². The second-order valence-corrected chi connectivity index (χ2v) is 4.66. The van der Waals surface area contributed by atoms with Crippen molar-refractivity contribution in [2.24, 2.45) is 5.92 Å². The largest absolute Gasteiger partial charge is 0.492 e. The molecule has 0 bridgehead atoms. The third kappa shape index (κ3) is 4.35. The van der Waals surface area contributed by atoms with Crippen LogP contribution < -0.4 is 10.1 Å². The molecular formula is C14H20FNO. The molecule has 1 fully saturated rings. The molecular weight excluding hydrogens is 217 g/mol. The van der Waals surface area contributed by atoms with E-state index in [1.807, 2.05) is 0 Å². The Balaban J connectivity index is 1.55. The summed E-state index contributed by atoms with van der Waals surface area (Å²) in [6.45, 7) is 2.60. The molecule has 94 valence electrons. The molecule has 3 heteroatoms. The van der Waals surface area contributed by atoms with E-state index in [2.05, 4.69) is 5.32 Å². The molecule has 1 aliphatic carbocycles. The topological polar surface area (TPSA) is 21.3 Å². The van der Waals surface area contributed by atoms with E-state index < -0.39 is 0 Å². The lowest BCUT2D eigenvalue weighted by Gasteiger charge is -2.11. The van der Waals surface area contributed by atoms with Crippen LogP contribution in [0.3, 0.4) is 0 Å². The van der Waals surface area contributed by atoms with Crippen LogP contribution in [-0.2, 0) is 0 Å². The highest BCUT2D eigenvalue weighted by Gasteiger charge is 2.13. The highest BCUT2D eigenvalue weighted by atomic mass is 19.1. The number of hydrogen-bond acceptors (Lipinski definition) is 2. The Morgan fingerprint density at radius 2 is 1.88 bits per heavy atom. The Morgan fingerprint density at radius 1 is 1.18 bits per heavy atom. The van der Waals surface area contributed by atoms with Crippen molar-refractivity contribution in [2.75, 3.05) is 19.7 Å². The Morgan fingerprint density at radius 3 is 2.59 bits per heavy atom. The van der Waals surface area contributed by atoms with E-state index in [0.29, 0.717) is 6.61 Å². The average Bonchev–Trinajstić information content (AvgIpc) is 2.84. The molecule has 2 rings (SSSR count). The predicted molar refractivity (Wildman–Crippen MR) is 66.7 cm³/mol. The van der Waals surface area contributed by atoms with E-state index >= 15 is 0 Å². The molecule has 0 aliphatic heterocycles. The van der Waals surface area contributed by atoms with Crippen molar-refractivity contribution in [1.82, 2.24) is 5.32 Å². The zero-order valence-corrected chi connectivity index (χ0v) is 10.1. The van der Waals surface area contributed by atoms with Gasteiger partial charge in [0.15, 0.2) is 0 Å². The molecule has 1 aromatic rings. The Labute approximate surface area is 102 Å². The van der Waals surface area contributed by atoms with E-state index in [1.165, 1.54) is 37.8 Å². The monoisotopic (exact) mass is 237 g/mol. The molecule has 0 spiro atoms. The van der Waals surface area contributed by atoms with Crippen LogP contribution in [-0.4, -0.2) is 19.7 Å². The van der Waals surface area contributed by atoms with Gasteiger partial charge in [-0.3, -0.25) is 0 Å². The van der Waals surface area contributed by atoms with E-state index in [4.69, 9.17) is 4.74 Å². The van der Waals surface area contributed by atoms with Gasteiger partial charge in [0.05, 0.1) is 0 Å². The molecule has 0 unspecified atom stereocenters. The zero-order valence-electron chi connectivity index (χ0n) is 10.1. The first-order valence-electron chi connectivity index (χ1n) is 6.44. The molecule has 1 aliphatic rings. The van der Waals surface area contributed by atoms with Crippen LogP contribution in [0.25, 0.3) is 0 Å². The highest BCUT2D eigenvalue weighted by molar-refractivity contribution is 5.21. The van der Waals surface area contributed by atoms with Crippen LogP contribution >= 0.6 is 0 Å². The van der Waals surface area contributed by atoms with Crippen molar-refractivity contribution in [3.63, 3.8) is 0 Å². The van der Waals surface area contributed by atoms with Gasteiger partial charge in [-0.1, -0.05) is 12.8 Å². The van der Waals surface area contributed by atoms with Crippen molar-refractivity contribution >= 4 is 0 Å². The lowest BCUT2D eigenvalue weighted by Crippen LogP contribution is -2.26. The molecule has 2 nitrogen and oxygen atoms in total. The fourth-order valence-electron chi connectivity index (χ4n) is 2.29. The molecule has 0 heterocycles. The van der Waals surface area contributed by atoms with Crippen molar-refractivity contribution in [3.8, 4) is 5.75 Å². The molecule has 0 radical (unpaired) electrons. The molecule has 1 saturated carbocycles. The van der Waals surface area contributed by atoms with Crippen LogP contribution in [0.4, 0.5) is 4.39 Å². The molecule has 1 aromatic carbocycles. The van der Waals surface area contributed by atoms with E-state index in [1.54, 1.807) is 12.1 Å². The predicted octanol–water partition coefficient (Wildman–Crippen LogP) is 2.98. The third-order valence-corrected chi connectivity index (χ3v) is 3.27. The molecule has 1 N–H and O–H groups in total. The summed E-state index contributed by atoms with van der Waals surface area (Å²) >= 11 is 0. The van der Waals surface area contributed by atoms with Gasteiger partial charge in [0.1, 0.15) is 18.2 Å². The first kappa shape index (κ1) is 12.4. The Hall–Kier alpha value is -1.09. The van der Waals surface area contributed by atoms with Crippen LogP contribution in [0.15, 0.2) is 24.3 Å². The second kappa shape index (κ2) is 6.60. The van der Waals surface area contributed by atoms with Gasteiger partial charge in [-0.15, -0.1) is 0 Å². The summed E-state index contributed by atoms with van der Waals surface area (Å²) in [5.41, 5.74) is 0. The first-order chi connectivity index (χ1) is 8.34. The lowest BCUT2D eigenvalue weighted by atomic mass is 10.1. The Kier molecular flexibility index (Phi) is 4.80. The quantitative estimate of drug-likeness (QED) is 0.768. The summed E-state index contributed by atoms with van der Waals surface area (Å²) in [4.78, 5) is 0. The maximum Gasteiger partial charge on any atom is 0.123 e. The molecule has 0 saturated heterocycles. The lowest BCUT2D eigenvalue weighted by molar-refractivity contribution is 0.308. The van der Waals surface area contributed by atoms with E-state index in [0.717, 1.165) is 24.8 Å². The maximum absolute atomic E-state index is 12.6. The van der Waals surface area contributed by atoms with Gasteiger partial charge in [0, 0.05) is 6.54 Å². The normalized spacial score (nSPS) is 16.3. The smallest absolute Gasteiger partial charge is 0.123 e. The fraction of sp³-hybridized carbons (Fsp3) is 0.571. The third-order valence-electron chi connectivity index (χ3n) is 3.27. The maximum atomic E-state index is 12.6. The van der Waals surface area contributed by atoms with Gasteiger partial charge in [-0.2, -0.15) is 0 Å². The minimum atomic E-state index is -0.225. The van der Waals surface area contributed by atoms with Crippen LogP contribution in [0.2, 0.25) is 0 Å². The number of halogens is 1. The summed E-state index contributed by atoms with van der Waals surface area (Å²) in [6.07, 6.45) is 5.51. The summed E-state index contributed by atoms with van der Waals surface area (Å²) < 4.78 is 18.1. The van der Waals surface area contributed by atoms with Gasteiger partial charge < -0.3 is 10.1 Å². The number of rotatable bonds is 6. The molecule has 0 aromatic heterocycles. The first-order valence-corrected chi connectivity index (χ1v) is 6.44. The van der Waals surface area contributed by atoms with Gasteiger partial charge in [-0.25, -0.2) is 4.39 Å². The van der Waals surface area contributed by atoms with Gasteiger partial charge in [-0.05, 0) is 49.6 Å². The van der Waals surface area contributed by atoms with Crippen molar-refractivity contribution in [1.29, 1.82) is 0 Å². The van der Waals surface area contributed by atoms with Gasteiger partial charge in [0.25, 0.3) is 0 Å². The van der Waals surface area contributed by atoms with Crippen LogP contribution in [0, 0.1) is 11.7 Å². The summed E-state index contributed by atoms with van der Waals surface area (Å²) in [6, 6.07) is 6.15. The summed E-state index contributed by atoms with van der Waals surface area (Å²) in [5.74, 6) is 1.37. The molecule has 0 amide bonds. The summed E-state index contributed by atoms with van der Waals surface area (Å²) in [7, 11) is 0. The fourth-order valence-corrected chi connectivity index (χ4v) is 2.29. The van der Waals surface area contributed by atoms with Gasteiger partial charge >= 0.3 is 0 Å². The van der Waals surface area contributed by atoms with E-state index in [9.17, 15) is 4.39 Å². The molecule has 0 atom stereocenters. The number of ether oxygens (including phenoxy) is 1. The van der Waals surface area contributed by atoms with Crippen molar-refractivity contribution < 1.29 is 9.13 Å². The summed E-state index contributed by atoms with van der Waals surface area (Å²) in [5, 5.41) is 3.41. The Bertz CT molecular complexity index is 319. The highest BCUT2D eigenvalue weighted by Crippen LogP contribution is 2.23. The number of benzene rings is 1. The number of nitrogens with one attached hydrogen (secondary N) is 1. The minimum absolute atomic E-state index is 0.225. The second-order valence-electron chi connectivity index (χ2n) is 4.66. The standard InChI is InChI=1S/C14H20FNO/c15-13-5-7-14(8-6-13)17-10-9-16-11-12-3-1-2-4-12/h5-8,12,16H,1-4,9-11H2. The number of hydrogen-bond donors (Lipinski definition) is 1. The minimum Gasteiger partial charge on any atom is -0.492 e. The van der Waals surface area contributed by atoms with E-state index in [-0.39, 0.29) is 5.82 Å². The zero-order chi connectivity index (χ0) is 11.9. The molecule has 17 heavy (non-hydrogen) atoms.